The maximum atomic E-state index is 5.64. The normalized spacial score (nSPS) is 23.0. The van der Waals surface area contributed by atoms with Crippen molar-refractivity contribution in [2.75, 3.05) is 41.1 Å². The summed E-state index contributed by atoms with van der Waals surface area (Å²) < 4.78 is 21.8. The lowest BCUT2D eigenvalue weighted by atomic mass is 10.0. The van der Waals surface area contributed by atoms with Gasteiger partial charge in [0.15, 0.2) is 0 Å². The second-order valence-electron chi connectivity index (χ2n) is 5.40. The van der Waals surface area contributed by atoms with Crippen molar-refractivity contribution >= 4 is 0 Å². The Morgan fingerprint density at radius 2 is 2.10 bits per heavy atom. The Kier molecular flexibility index (Phi) is 5.45. The second kappa shape index (κ2) is 7.11. The summed E-state index contributed by atoms with van der Waals surface area (Å²) in [5, 5.41) is 3.52. The van der Waals surface area contributed by atoms with Crippen molar-refractivity contribution in [2.45, 2.75) is 25.0 Å². The summed E-state index contributed by atoms with van der Waals surface area (Å²) in [5.41, 5.74) is 0.886. The molecule has 5 nitrogen and oxygen atoms in total. The van der Waals surface area contributed by atoms with Crippen LogP contribution in [0.15, 0.2) is 18.2 Å². The van der Waals surface area contributed by atoms with E-state index in [1.165, 1.54) is 0 Å². The highest BCUT2D eigenvalue weighted by Crippen LogP contribution is 2.30. The van der Waals surface area contributed by atoms with Crippen LogP contribution in [0.2, 0.25) is 0 Å². The van der Waals surface area contributed by atoms with Crippen LogP contribution in [0.5, 0.6) is 11.5 Å². The van der Waals surface area contributed by atoms with Crippen LogP contribution in [-0.4, -0.2) is 46.7 Å². The first-order valence-corrected chi connectivity index (χ1v) is 7.22. The van der Waals surface area contributed by atoms with Crippen LogP contribution in [0.1, 0.15) is 24.9 Å². The Bertz CT molecular complexity index is 458. The Morgan fingerprint density at radius 3 is 2.67 bits per heavy atom. The monoisotopic (exact) mass is 295 g/mol. The third kappa shape index (κ3) is 3.67. The predicted octanol–water partition coefficient (Wildman–Crippen LogP) is 2.16. The first-order valence-electron chi connectivity index (χ1n) is 7.22. The van der Waals surface area contributed by atoms with Gasteiger partial charge in [0.1, 0.15) is 17.1 Å². The third-order valence-electron chi connectivity index (χ3n) is 4.14. The molecule has 1 aromatic carbocycles. The molecule has 0 radical (unpaired) electrons. The molecule has 1 aromatic rings. The Labute approximate surface area is 126 Å². The standard InChI is InChI=1S/C16H25NO4/c1-12(17-10-16(20-4)7-8-21-11-16)14-6-5-13(18-2)9-15(14)19-3/h5-6,9,12,17H,7-8,10-11H2,1-4H3. The Morgan fingerprint density at radius 1 is 1.29 bits per heavy atom. The molecule has 0 saturated carbocycles. The van der Waals surface area contributed by atoms with Crippen molar-refractivity contribution in [3.05, 3.63) is 23.8 Å². The topological polar surface area (TPSA) is 49.0 Å². The van der Waals surface area contributed by atoms with Crippen LogP contribution in [0.3, 0.4) is 0 Å². The summed E-state index contributed by atoms with van der Waals surface area (Å²) in [6, 6.07) is 6.03. The molecule has 2 atom stereocenters. The summed E-state index contributed by atoms with van der Waals surface area (Å²) in [6.07, 6.45) is 0.920. The van der Waals surface area contributed by atoms with Gasteiger partial charge in [-0.2, -0.15) is 0 Å². The number of hydrogen-bond donors (Lipinski definition) is 1. The molecular formula is C16H25NO4. The zero-order valence-electron chi connectivity index (χ0n) is 13.3. The first-order chi connectivity index (χ1) is 10.1. The van der Waals surface area contributed by atoms with Gasteiger partial charge in [0.25, 0.3) is 0 Å². The van der Waals surface area contributed by atoms with Gasteiger partial charge in [-0.25, -0.2) is 0 Å². The predicted molar refractivity (Wildman–Crippen MR) is 81.1 cm³/mol. The van der Waals surface area contributed by atoms with Crippen LogP contribution in [0.4, 0.5) is 0 Å². The van der Waals surface area contributed by atoms with E-state index in [2.05, 4.69) is 12.2 Å². The molecule has 0 spiro atoms. The molecule has 1 heterocycles. The molecule has 2 rings (SSSR count). The fraction of sp³-hybridized carbons (Fsp3) is 0.625. The summed E-state index contributed by atoms with van der Waals surface area (Å²) >= 11 is 0. The zero-order valence-corrected chi connectivity index (χ0v) is 13.3. The molecule has 1 aliphatic rings. The van der Waals surface area contributed by atoms with E-state index in [9.17, 15) is 0 Å². The van der Waals surface area contributed by atoms with Crippen molar-refractivity contribution in [1.82, 2.24) is 5.32 Å². The maximum Gasteiger partial charge on any atom is 0.127 e. The summed E-state index contributed by atoms with van der Waals surface area (Å²) in [5.74, 6) is 1.61. The van der Waals surface area contributed by atoms with E-state index in [4.69, 9.17) is 18.9 Å². The van der Waals surface area contributed by atoms with Gasteiger partial charge < -0.3 is 24.3 Å². The van der Waals surface area contributed by atoms with E-state index in [1.54, 1.807) is 21.3 Å². The van der Waals surface area contributed by atoms with Crippen LogP contribution in [0, 0.1) is 0 Å². The molecule has 5 heteroatoms. The number of benzene rings is 1. The van der Waals surface area contributed by atoms with Crippen molar-refractivity contribution < 1.29 is 18.9 Å². The quantitative estimate of drug-likeness (QED) is 0.835. The lowest BCUT2D eigenvalue weighted by Gasteiger charge is -2.28. The minimum absolute atomic E-state index is 0.151. The molecule has 0 amide bonds. The maximum absolute atomic E-state index is 5.64. The molecular weight excluding hydrogens is 270 g/mol. The van der Waals surface area contributed by atoms with Gasteiger partial charge >= 0.3 is 0 Å². The summed E-state index contributed by atoms with van der Waals surface area (Å²) in [7, 11) is 5.07. The third-order valence-corrected chi connectivity index (χ3v) is 4.14. The lowest BCUT2D eigenvalue weighted by molar-refractivity contribution is -0.0172. The fourth-order valence-corrected chi connectivity index (χ4v) is 2.59. The van der Waals surface area contributed by atoms with Gasteiger partial charge in [-0.15, -0.1) is 0 Å². The summed E-state index contributed by atoms with van der Waals surface area (Å²) in [6.45, 7) is 4.27. The summed E-state index contributed by atoms with van der Waals surface area (Å²) in [4.78, 5) is 0. The molecule has 1 aliphatic heterocycles. The largest absolute Gasteiger partial charge is 0.497 e. The van der Waals surface area contributed by atoms with Gasteiger partial charge in [0, 0.05) is 44.4 Å². The Hall–Kier alpha value is -1.30. The SMILES string of the molecule is COc1ccc(C(C)NCC2(OC)CCOC2)c(OC)c1. The van der Waals surface area contributed by atoms with E-state index in [-0.39, 0.29) is 11.6 Å². The molecule has 0 bridgehead atoms. The van der Waals surface area contributed by atoms with Gasteiger partial charge in [-0.05, 0) is 13.0 Å². The van der Waals surface area contributed by atoms with Gasteiger partial charge in [-0.3, -0.25) is 0 Å². The minimum atomic E-state index is -0.214. The number of rotatable bonds is 7. The van der Waals surface area contributed by atoms with Gasteiger partial charge in [-0.1, -0.05) is 6.07 Å². The number of hydrogen-bond acceptors (Lipinski definition) is 5. The molecule has 118 valence electrons. The Balaban J connectivity index is 2.04. The van der Waals surface area contributed by atoms with Crippen LogP contribution in [0.25, 0.3) is 0 Å². The van der Waals surface area contributed by atoms with Crippen LogP contribution in [-0.2, 0) is 9.47 Å². The van der Waals surface area contributed by atoms with E-state index >= 15 is 0 Å². The number of nitrogens with one attached hydrogen (secondary N) is 1. The average molecular weight is 295 g/mol. The van der Waals surface area contributed by atoms with Crippen molar-refractivity contribution in [1.29, 1.82) is 0 Å². The van der Waals surface area contributed by atoms with Crippen molar-refractivity contribution in [2.24, 2.45) is 0 Å². The smallest absolute Gasteiger partial charge is 0.127 e. The molecule has 1 saturated heterocycles. The van der Waals surface area contributed by atoms with Crippen LogP contribution >= 0.6 is 0 Å². The molecule has 0 aromatic heterocycles. The fourth-order valence-electron chi connectivity index (χ4n) is 2.59. The molecule has 21 heavy (non-hydrogen) atoms. The first kappa shape index (κ1) is 16.1. The highest BCUT2D eigenvalue weighted by molar-refractivity contribution is 5.42. The van der Waals surface area contributed by atoms with E-state index in [0.717, 1.165) is 36.6 Å². The molecule has 1 fully saturated rings. The lowest BCUT2D eigenvalue weighted by Crippen LogP contribution is -2.43. The van der Waals surface area contributed by atoms with Crippen molar-refractivity contribution in [3.63, 3.8) is 0 Å². The van der Waals surface area contributed by atoms with Gasteiger partial charge in [0.2, 0.25) is 0 Å². The number of ether oxygens (including phenoxy) is 4. The zero-order chi connectivity index (χ0) is 15.3. The van der Waals surface area contributed by atoms with E-state index in [1.807, 2.05) is 18.2 Å². The molecule has 2 unspecified atom stereocenters. The van der Waals surface area contributed by atoms with E-state index < -0.39 is 0 Å². The number of methoxy groups -OCH3 is 3. The van der Waals surface area contributed by atoms with E-state index in [0.29, 0.717) is 6.61 Å². The van der Waals surface area contributed by atoms with Crippen molar-refractivity contribution in [3.8, 4) is 11.5 Å². The molecule has 1 N–H and O–H groups in total. The minimum Gasteiger partial charge on any atom is -0.497 e. The second-order valence-corrected chi connectivity index (χ2v) is 5.40. The average Bonchev–Trinajstić information content (AvgIpc) is 3.01. The van der Waals surface area contributed by atoms with Crippen LogP contribution < -0.4 is 14.8 Å². The highest BCUT2D eigenvalue weighted by Gasteiger charge is 2.35. The molecule has 0 aliphatic carbocycles. The highest BCUT2D eigenvalue weighted by atomic mass is 16.5. The van der Waals surface area contributed by atoms with Gasteiger partial charge in [0.05, 0.1) is 20.8 Å².